The first kappa shape index (κ1) is 18.0. The second-order valence-corrected chi connectivity index (χ2v) is 9.26. The van der Waals surface area contributed by atoms with E-state index in [9.17, 15) is 8.42 Å². The van der Waals surface area contributed by atoms with Crippen molar-refractivity contribution < 1.29 is 13.2 Å². The fourth-order valence-corrected chi connectivity index (χ4v) is 5.56. The number of pyridine rings is 1. The molecule has 0 unspecified atom stereocenters. The highest BCUT2D eigenvalue weighted by Crippen LogP contribution is 2.27. The fraction of sp³-hybridized carbons (Fsp3) is 0.706. The molecule has 2 fully saturated rings. The van der Waals surface area contributed by atoms with Gasteiger partial charge in [-0.15, -0.1) is 0 Å². The van der Waals surface area contributed by atoms with Gasteiger partial charge in [0.15, 0.2) is 0 Å². The topological polar surface area (TPSA) is 68.3 Å². The number of nitrogens with one attached hydrogen (secondary N) is 1. The van der Waals surface area contributed by atoms with E-state index in [2.05, 4.69) is 9.71 Å². The first-order valence-electron chi connectivity index (χ1n) is 8.82. The predicted molar refractivity (Wildman–Crippen MR) is 94.8 cm³/mol. The Labute approximate surface area is 149 Å². The van der Waals surface area contributed by atoms with Crippen LogP contribution in [0.2, 0.25) is 5.02 Å². The van der Waals surface area contributed by atoms with E-state index < -0.39 is 10.0 Å². The minimum Gasteiger partial charge on any atom is -0.474 e. The number of nitrogens with zero attached hydrogens (tertiary/aromatic N) is 1. The molecule has 2 saturated carbocycles. The zero-order chi connectivity index (χ0) is 17.0. The van der Waals surface area contributed by atoms with E-state index >= 15 is 0 Å². The molecule has 24 heavy (non-hydrogen) atoms. The SMILES string of the molecule is O=S(=O)(NC1CCC(Oc2ccc(Cl)cn2)CC1)C1CCCCC1. The maximum absolute atomic E-state index is 12.5. The van der Waals surface area contributed by atoms with Gasteiger partial charge in [0.2, 0.25) is 15.9 Å². The van der Waals surface area contributed by atoms with Crippen LogP contribution in [0.25, 0.3) is 0 Å². The van der Waals surface area contributed by atoms with E-state index in [4.69, 9.17) is 16.3 Å². The van der Waals surface area contributed by atoms with Crippen LogP contribution in [-0.2, 0) is 10.0 Å². The third-order valence-electron chi connectivity index (χ3n) is 4.98. The number of ether oxygens (including phenoxy) is 1. The van der Waals surface area contributed by atoms with Gasteiger partial charge >= 0.3 is 0 Å². The lowest BCUT2D eigenvalue weighted by Crippen LogP contribution is -2.44. The van der Waals surface area contributed by atoms with Crippen molar-refractivity contribution in [2.45, 2.75) is 75.2 Å². The lowest BCUT2D eigenvalue weighted by molar-refractivity contribution is 0.138. The molecule has 5 nitrogen and oxygen atoms in total. The van der Waals surface area contributed by atoms with Crippen molar-refractivity contribution in [3.63, 3.8) is 0 Å². The van der Waals surface area contributed by atoms with Gasteiger partial charge in [0.1, 0.15) is 6.10 Å². The van der Waals surface area contributed by atoms with Gasteiger partial charge in [0.25, 0.3) is 0 Å². The Balaban J connectivity index is 1.47. The quantitative estimate of drug-likeness (QED) is 0.856. The molecule has 1 aromatic rings. The van der Waals surface area contributed by atoms with Crippen molar-refractivity contribution in [2.24, 2.45) is 0 Å². The Bertz CT molecular complexity index is 622. The molecule has 0 aliphatic heterocycles. The molecule has 0 bridgehead atoms. The monoisotopic (exact) mass is 372 g/mol. The van der Waals surface area contributed by atoms with E-state index in [0.29, 0.717) is 10.9 Å². The van der Waals surface area contributed by atoms with Crippen LogP contribution in [-0.4, -0.2) is 30.8 Å². The van der Waals surface area contributed by atoms with Crippen molar-refractivity contribution in [1.82, 2.24) is 9.71 Å². The first-order valence-corrected chi connectivity index (χ1v) is 10.7. The molecule has 1 N–H and O–H groups in total. The number of hydrogen-bond donors (Lipinski definition) is 1. The van der Waals surface area contributed by atoms with Crippen LogP contribution in [0, 0.1) is 0 Å². The van der Waals surface area contributed by atoms with Gasteiger partial charge in [-0.05, 0) is 44.6 Å². The van der Waals surface area contributed by atoms with Crippen molar-refractivity contribution >= 4 is 21.6 Å². The van der Waals surface area contributed by atoms with Crippen LogP contribution in [0.5, 0.6) is 5.88 Å². The zero-order valence-electron chi connectivity index (χ0n) is 13.8. The molecule has 0 atom stereocenters. The third-order valence-corrected chi connectivity index (χ3v) is 7.22. The van der Waals surface area contributed by atoms with Gasteiger partial charge in [0.05, 0.1) is 10.3 Å². The minimum absolute atomic E-state index is 0.0370. The van der Waals surface area contributed by atoms with E-state index in [-0.39, 0.29) is 17.4 Å². The van der Waals surface area contributed by atoms with E-state index in [0.717, 1.165) is 57.8 Å². The number of aromatic nitrogens is 1. The van der Waals surface area contributed by atoms with Crippen LogP contribution in [0.15, 0.2) is 18.3 Å². The highest BCUT2D eigenvalue weighted by Gasteiger charge is 2.31. The average molecular weight is 373 g/mol. The summed E-state index contributed by atoms with van der Waals surface area (Å²) in [4.78, 5) is 4.15. The Kier molecular flexibility index (Phi) is 6.00. The van der Waals surface area contributed by atoms with Crippen LogP contribution < -0.4 is 9.46 Å². The van der Waals surface area contributed by atoms with Crippen molar-refractivity contribution in [2.75, 3.05) is 0 Å². The highest BCUT2D eigenvalue weighted by molar-refractivity contribution is 7.90. The molecule has 1 aromatic heterocycles. The summed E-state index contributed by atoms with van der Waals surface area (Å²) in [6, 6.07) is 3.56. The molecule has 1 heterocycles. The molecule has 0 aromatic carbocycles. The third kappa shape index (κ3) is 4.83. The van der Waals surface area contributed by atoms with Crippen LogP contribution >= 0.6 is 11.6 Å². The number of hydrogen-bond acceptors (Lipinski definition) is 4. The summed E-state index contributed by atoms with van der Waals surface area (Å²) in [6.45, 7) is 0. The van der Waals surface area contributed by atoms with Crippen molar-refractivity contribution in [3.8, 4) is 5.88 Å². The minimum atomic E-state index is -3.18. The second kappa shape index (κ2) is 8.02. The molecule has 0 saturated heterocycles. The van der Waals surface area contributed by atoms with Crippen molar-refractivity contribution in [3.05, 3.63) is 23.4 Å². The Morgan fingerprint density at radius 3 is 2.38 bits per heavy atom. The number of sulfonamides is 1. The summed E-state index contributed by atoms with van der Waals surface area (Å²) in [5, 5.41) is 0.390. The predicted octanol–water partition coefficient (Wildman–Crippen LogP) is 3.68. The average Bonchev–Trinajstić information content (AvgIpc) is 2.59. The van der Waals surface area contributed by atoms with Gasteiger partial charge in [-0.2, -0.15) is 0 Å². The maximum atomic E-state index is 12.5. The summed E-state index contributed by atoms with van der Waals surface area (Å²) in [7, 11) is -3.18. The molecule has 7 heteroatoms. The summed E-state index contributed by atoms with van der Waals surface area (Å²) >= 11 is 5.82. The van der Waals surface area contributed by atoms with E-state index in [1.807, 2.05) is 0 Å². The summed E-state index contributed by atoms with van der Waals surface area (Å²) < 4.78 is 33.8. The van der Waals surface area contributed by atoms with Crippen LogP contribution in [0.1, 0.15) is 57.8 Å². The summed E-state index contributed by atoms with van der Waals surface area (Å²) in [5.41, 5.74) is 0. The lowest BCUT2D eigenvalue weighted by Gasteiger charge is -2.31. The van der Waals surface area contributed by atoms with Crippen molar-refractivity contribution in [1.29, 1.82) is 0 Å². The molecule has 0 amide bonds. The van der Waals surface area contributed by atoms with Gasteiger partial charge in [-0.1, -0.05) is 30.9 Å². The maximum Gasteiger partial charge on any atom is 0.214 e. The van der Waals surface area contributed by atoms with Gasteiger partial charge in [0, 0.05) is 18.3 Å². The van der Waals surface area contributed by atoms with E-state index in [1.165, 1.54) is 0 Å². The molecule has 2 aliphatic carbocycles. The summed E-state index contributed by atoms with van der Waals surface area (Å²) in [5.74, 6) is 0.575. The van der Waals surface area contributed by atoms with Crippen LogP contribution in [0.4, 0.5) is 0 Å². The first-order chi connectivity index (χ1) is 11.5. The Morgan fingerprint density at radius 1 is 1.04 bits per heavy atom. The standard InChI is InChI=1S/C17H25ClN2O3S/c18-13-6-11-17(19-12-13)23-15-9-7-14(8-10-15)20-24(21,22)16-4-2-1-3-5-16/h6,11-12,14-16,20H,1-5,7-10H2. The highest BCUT2D eigenvalue weighted by atomic mass is 35.5. The molecule has 2 aliphatic rings. The molecular formula is C17H25ClN2O3S. The Hall–Kier alpha value is -0.850. The molecular weight excluding hydrogens is 348 g/mol. The second-order valence-electron chi connectivity index (χ2n) is 6.83. The van der Waals surface area contributed by atoms with Gasteiger partial charge in [-0.3, -0.25) is 0 Å². The number of rotatable bonds is 5. The smallest absolute Gasteiger partial charge is 0.214 e. The molecule has 3 rings (SSSR count). The molecule has 0 radical (unpaired) electrons. The van der Waals surface area contributed by atoms with Gasteiger partial charge in [-0.25, -0.2) is 18.1 Å². The zero-order valence-corrected chi connectivity index (χ0v) is 15.4. The fourth-order valence-electron chi connectivity index (χ4n) is 3.61. The lowest BCUT2D eigenvalue weighted by atomic mass is 9.94. The molecule has 0 spiro atoms. The number of halogens is 1. The normalized spacial score (nSPS) is 26.2. The van der Waals surface area contributed by atoms with Crippen LogP contribution in [0.3, 0.4) is 0 Å². The van der Waals surface area contributed by atoms with E-state index in [1.54, 1.807) is 18.3 Å². The summed E-state index contributed by atoms with van der Waals surface area (Å²) in [6.07, 6.45) is 9.77. The Morgan fingerprint density at radius 2 is 1.75 bits per heavy atom. The van der Waals surface area contributed by atoms with Gasteiger partial charge < -0.3 is 4.74 Å². The largest absolute Gasteiger partial charge is 0.474 e. The molecule has 134 valence electrons.